The largest absolute Gasteiger partial charge is 0.495 e. The Bertz CT molecular complexity index is 1090. The van der Waals surface area contributed by atoms with Crippen LogP contribution in [0.1, 0.15) is 11.1 Å². The van der Waals surface area contributed by atoms with Crippen LogP contribution in [-0.2, 0) is 6.54 Å². The zero-order valence-electron chi connectivity index (χ0n) is 14.9. The van der Waals surface area contributed by atoms with Crippen LogP contribution in [0.4, 0.5) is 11.6 Å². The van der Waals surface area contributed by atoms with E-state index in [1.807, 2.05) is 31.4 Å². The van der Waals surface area contributed by atoms with Crippen molar-refractivity contribution in [3.63, 3.8) is 0 Å². The van der Waals surface area contributed by atoms with Crippen molar-refractivity contribution >= 4 is 33.7 Å². The Kier molecular flexibility index (Phi) is 4.04. The fourth-order valence-electron chi connectivity index (χ4n) is 3.10. The normalized spacial score (nSPS) is 11.0. The van der Waals surface area contributed by atoms with Gasteiger partial charge in [0.2, 0.25) is 0 Å². The summed E-state index contributed by atoms with van der Waals surface area (Å²) in [6.07, 6.45) is 3.73. The molecule has 132 valence electrons. The van der Waals surface area contributed by atoms with Crippen molar-refractivity contribution < 1.29 is 4.74 Å². The highest BCUT2D eigenvalue weighted by Crippen LogP contribution is 2.30. The molecule has 0 saturated carbocycles. The number of H-pyrrole nitrogens is 1. The van der Waals surface area contributed by atoms with E-state index in [4.69, 9.17) is 4.74 Å². The summed E-state index contributed by atoms with van der Waals surface area (Å²) in [6.45, 7) is 2.71. The molecule has 3 N–H and O–H groups in total. The Morgan fingerprint density at radius 1 is 1.12 bits per heavy atom. The van der Waals surface area contributed by atoms with E-state index in [1.54, 1.807) is 13.3 Å². The van der Waals surface area contributed by atoms with Gasteiger partial charge in [0.05, 0.1) is 18.8 Å². The maximum Gasteiger partial charge on any atom is 0.182 e. The van der Waals surface area contributed by atoms with Gasteiger partial charge in [0.1, 0.15) is 22.9 Å². The van der Waals surface area contributed by atoms with E-state index in [0.717, 1.165) is 22.6 Å². The van der Waals surface area contributed by atoms with Gasteiger partial charge >= 0.3 is 0 Å². The van der Waals surface area contributed by atoms with Crippen LogP contribution in [-0.4, -0.2) is 34.1 Å². The van der Waals surface area contributed by atoms with Gasteiger partial charge in [-0.1, -0.05) is 6.07 Å². The van der Waals surface area contributed by atoms with Crippen molar-refractivity contribution in [3.05, 3.63) is 47.8 Å². The molecule has 0 unspecified atom stereocenters. The van der Waals surface area contributed by atoms with Crippen LogP contribution in [0.15, 0.2) is 36.7 Å². The van der Waals surface area contributed by atoms with Gasteiger partial charge in [-0.15, -0.1) is 0 Å². The van der Waals surface area contributed by atoms with E-state index in [1.165, 1.54) is 16.5 Å². The Morgan fingerprint density at radius 3 is 2.77 bits per heavy atom. The third-order valence-electron chi connectivity index (χ3n) is 4.42. The summed E-state index contributed by atoms with van der Waals surface area (Å²) in [4.78, 5) is 16.7. The van der Waals surface area contributed by atoms with Gasteiger partial charge in [0.15, 0.2) is 5.65 Å². The first-order chi connectivity index (χ1) is 12.7. The molecule has 0 fully saturated rings. The van der Waals surface area contributed by atoms with Crippen LogP contribution in [0.5, 0.6) is 5.75 Å². The van der Waals surface area contributed by atoms with Crippen molar-refractivity contribution in [3.8, 4) is 5.75 Å². The van der Waals surface area contributed by atoms with Crippen molar-refractivity contribution in [1.82, 2.24) is 19.9 Å². The minimum atomic E-state index is 0.611. The maximum atomic E-state index is 5.44. The minimum absolute atomic E-state index is 0.611. The molecule has 0 atom stereocenters. The monoisotopic (exact) mass is 348 g/mol. The van der Waals surface area contributed by atoms with E-state index in [0.29, 0.717) is 18.0 Å². The summed E-state index contributed by atoms with van der Waals surface area (Å²) in [5, 5.41) is 7.53. The highest BCUT2D eigenvalue weighted by Gasteiger charge is 2.11. The van der Waals surface area contributed by atoms with Crippen LogP contribution in [0.25, 0.3) is 22.1 Å². The number of benzene rings is 1. The molecule has 1 aromatic carbocycles. The number of aryl methyl sites for hydroxylation is 1. The van der Waals surface area contributed by atoms with Crippen LogP contribution in [0.3, 0.4) is 0 Å². The number of pyridine rings is 1. The predicted molar refractivity (Wildman–Crippen MR) is 104 cm³/mol. The zero-order chi connectivity index (χ0) is 18.1. The van der Waals surface area contributed by atoms with E-state index in [2.05, 4.69) is 43.6 Å². The van der Waals surface area contributed by atoms with Gasteiger partial charge in [0, 0.05) is 25.2 Å². The number of fused-ring (bicyclic) bond motifs is 2. The first kappa shape index (κ1) is 16.1. The van der Waals surface area contributed by atoms with E-state index < -0.39 is 0 Å². The minimum Gasteiger partial charge on any atom is -0.495 e. The van der Waals surface area contributed by atoms with Crippen LogP contribution in [0, 0.1) is 6.92 Å². The number of nitrogens with zero attached hydrogens (tertiary/aromatic N) is 3. The number of ether oxygens (including phenoxy) is 1. The number of nitrogens with one attached hydrogen (secondary N) is 3. The Hall–Kier alpha value is -3.35. The van der Waals surface area contributed by atoms with Crippen molar-refractivity contribution in [1.29, 1.82) is 0 Å². The maximum absolute atomic E-state index is 5.44. The molecule has 26 heavy (non-hydrogen) atoms. The summed E-state index contributed by atoms with van der Waals surface area (Å²) in [5.41, 5.74) is 4.73. The third kappa shape index (κ3) is 2.77. The van der Waals surface area contributed by atoms with Crippen LogP contribution in [0.2, 0.25) is 0 Å². The second-order valence-electron chi connectivity index (χ2n) is 6.05. The lowest BCUT2D eigenvalue weighted by Gasteiger charge is -2.10. The van der Waals surface area contributed by atoms with Gasteiger partial charge < -0.3 is 20.4 Å². The SMILES string of the molecule is CNc1ccc2ncc(NCc3ccc(OC)c4[nH]cc(C)c34)nc2n1. The molecule has 4 rings (SSSR count). The van der Waals surface area contributed by atoms with Crippen molar-refractivity contribution in [2.45, 2.75) is 13.5 Å². The molecule has 0 bridgehead atoms. The summed E-state index contributed by atoms with van der Waals surface area (Å²) < 4.78 is 5.44. The van der Waals surface area contributed by atoms with E-state index in [-0.39, 0.29) is 0 Å². The highest BCUT2D eigenvalue weighted by atomic mass is 16.5. The molecular weight excluding hydrogens is 328 g/mol. The van der Waals surface area contributed by atoms with Crippen molar-refractivity contribution in [2.24, 2.45) is 0 Å². The second kappa shape index (κ2) is 6.51. The Balaban J connectivity index is 1.64. The van der Waals surface area contributed by atoms with E-state index >= 15 is 0 Å². The lowest BCUT2D eigenvalue weighted by molar-refractivity contribution is 0.419. The molecule has 3 heterocycles. The second-order valence-corrected chi connectivity index (χ2v) is 6.05. The molecule has 7 nitrogen and oxygen atoms in total. The molecule has 0 radical (unpaired) electrons. The number of hydrogen-bond acceptors (Lipinski definition) is 6. The van der Waals surface area contributed by atoms with Gasteiger partial charge in [-0.2, -0.15) is 0 Å². The standard InChI is InChI=1S/C19H20N6O/c1-11-8-23-18-14(26-3)6-4-12(17(11)18)9-22-16-10-21-13-5-7-15(20-2)24-19(13)25-16/h4-8,10,23H,9H2,1-3H3,(H2,20,22,24,25). The molecule has 4 aromatic rings. The number of aromatic nitrogens is 4. The molecule has 0 aliphatic carbocycles. The smallest absolute Gasteiger partial charge is 0.182 e. The molecule has 0 saturated heterocycles. The zero-order valence-corrected chi connectivity index (χ0v) is 14.9. The third-order valence-corrected chi connectivity index (χ3v) is 4.42. The molecule has 0 amide bonds. The molecular formula is C19H20N6O. The van der Waals surface area contributed by atoms with Gasteiger partial charge in [0.25, 0.3) is 0 Å². The van der Waals surface area contributed by atoms with Crippen LogP contribution >= 0.6 is 0 Å². The molecule has 3 aromatic heterocycles. The first-order valence-corrected chi connectivity index (χ1v) is 8.38. The Morgan fingerprint density at radius 2 is 1.96 bits per heavy atom. The molecule has 0 spiro atoms. The lowest BCUT2D eigenvalue weighted by atomic mass is 10.1. The number of methoxy groups -OCH3 is 1. The fourth-order valence-corrected chi connectivity index (χ4v) is 3.10. The summed E-state index contributed by atoms with van der Waals surface area (Å²) >= 11 is 0. The summed E-state index contributed by atoms with van der Waals surface area (Å²) in [6, 6.07) is 7.83. The number of aromatic amines is 1. The summed E-state index contributed by atoms with van der Waals surface area (Å²) in [5.74, 6) is 2.30. The van der Waals surface area contributed by atoms with Gasteiger partial charge in [-0.25, -0.2) is 15.0 Å². The fraction of sp³-hybridized carbons (Fsp3) is 0.211. The van der Waals surface area contributed by atoms with Gasteiger partial charge in [-0.3, -0.25) is 0 Å². The van der Waals surface area contributed by atoms with Crippen molar-refractivity contribution in [2.75, 3.05) is 24.8 Å². The lowest BCUT2D eigenvalue weighted by Crippen LogP contribution is -2.04. The first-order valence-electron chi connectivity index (χ1n) is 8.38. The number of hydrogen-bond donors (Lipinski definition) is 3. The average Bonchev–Trinajstić information content (AvgIpc) is 3.07. The molecule has 0 aliphatic rings. The Labute approximate surface area is 150 Å². The summed E-state index contributed by atoms with van der Waals surface area (Å²) in [7, 11) is 3.51. The van der Waals surface area contributed by atoms with E-state index in [9.17, 15) is 0 Å². The number of rotatable bonds is 5. The van der Waals surface area contributed by atoms with Crippen LogP contribution < -0.4 is 15.4 Å². The van der Waals surface area contributed by atoms with Gasteiger partial charge in [-0.05, 0) is 36.2 Å². The highest BCUT2D eigenvalue weighted by molar-refractivity contribution is 5.91. The molecule has 7 heteroatoms. The number of anilines is 2. The average molecular weight is 348 g/mol. The topological polar surface area (TPSA) is 87.8 Å². The quantitative estimate of drug-likeness (QED) is 0.512. The predicted octanol–water partition coefficient (Wildman–Crippen LogP) is 3.48. The molecule has 0 aliphatic heterocycles.